The van der Waals surface area contributed by atoms with Gasteiger partial charge < -0.3 is 10.2 Å². The van der Waals surface area contributed by atoms with Gasteiger partial charge in [-0.25, -0.2) is 0 Å². The van der Waals surface area contributed by atoms with Crippen LogP contribution in [0, 0.1) is 0 Å². The monoisotopic (exact) mass is 452 g/mol. The maximum atomic E-state index is 10.3. The second kappa shape index (κ2) is 29.4. The molecule has 0 aliphatic carbocycles. The molecular weight excluding hydrogens is 400 g/mol. The minimum absolute atomic E-state index is 0.330. The summed E-state index contributed by atoms with van der Waals surface area (Å²) in [5, 5.41) is 16.9. The molecule has 0 aromatic carbocycles. The molecule has 0 fully saturated rings. The number of hydrogen-bond acceptors (Lipinski definition) is 2. The Morgan fingerprint density at radius 3 is 1.06 bits per heavy atom. The number of carbonyl (C=O) groups is 2. The van der Waals surface area contributed by atoms with Crippen LogP contribution >= 0.6 is 0 Å². The molecule has 0 aromatic rings. The summed E-state index contributed by atoms with van der Waals surface area (Å²) in [6.45, 7) is 4.43. The van der Waals surface area contributed by atoms with Gasteiger partial charge in [0, 0.05) is 12.8 Å². The topological polar surface area (TPSA) is 74.6 Å². The first-order valence-corrected chi connectivity index (χ1v) is 13.3. The number of aliphatic carboxylic acids is 2. The Balaban J connectivity index is 0. The molecule has 4 heteroatoms. The minimum atomic E-state index is -0.668. The highest BCUT2D eigenvalue weighted by Crippen LogP contribution is 2.09. The lowest BCUT2D eigenvalue weighted by Crippen LogP contribution is -1.93. The van der Waals surface area contributed by atoms with Gasteiger partial charge in [-0.3, -0.25) is 9.59 Å². The highest BCUT2D eigenvalue weighted by Gasteiger charge is 1.96. The predicted molar refractivity (Wildman–Crippen MR) is 137 cm³/mol. The third-order valence-corrected chi connectivity index (χ3v) is 5.30. The molecule has 0 rings (SSSR count). The van der Waals surface area contributed by atoms with Gasteiger partial charge in [0.2, 0.25) is 0 Å². The molecule has 0 aliphatic heterocycles. The van der Waals surface area contributed by atoms with E-state index in [9.17, 15) is 9.59 Å². The maximum absolute atomic E-state index is 10.3. The highest BCUT2D eigenvalue weighted by molar-refractivity contribution is 5.66. The normalized spacial score (nSPS) is 11.1. The van der Waals surface area contributed by atoms with Crippen LogP contribution in [0.1, 0.15) is 142 Å². The first-order chi connectivity index (χ1) is 15.5. The summed E-state index contributed by atoms with van der Waals surface area (Å²) in [6.07, 6.45) is 30.8. The number of carboxylic acids is 2. The van der Waals surface area contributed by atoms with Crippen LogP contribution in [0.2, 0.25) is 0 Å². The van der Waals surface area contributed by atoms with Crippen LogP contribution in [0.4, 0.5) is 0 Å². The van der Waals surface area contributed by atoms with Crippen LogP contribution in [0.3, 0.4) is 0 Å². The first kappa shape index (κ1) is 32.6. The summed E-state index contributed by atoms with van der Waals surface area (Å²) < 4.78 is 0. The second-order valence-electron chi connectivity index (χ2n) is 8.63. The van der Waals surface area contributed by atoms with E-state index in [1.807, 2.05) is 0 Å². The molecule has 4 nitrogen and oxygen atoms in total. The number of unbranched alkanes of at least 4 members (excludes halogenated alkanes) is 14. The maximum Gasteiger partial charge on any atom is 0.303 e. The first-order valence-electron chi connectivity index (χ1n) is 13.3. The van der Waals surface area contributed by atoms with E-state index in [1.165, 1.54) is 89.9 Å². The molecule has 0 radical (unpaired) electrons. The molecule has 0 amide bonds. The lowest BCUT2D eigenvalue weighted by Gasteiger charge is -1.98. The zero-order valence-corrected chi connectivity index (χ0v) is 21.2. The van der Waals surface area contributed by atoms with E-state index in [4.69, 9.17) is 10.2 Å². The predicted octanol–water partition coefficient (Wildman–Crippen LogP) is 9.10. The van der Waals surface area contributed by atoms with E-state index in [0.29, 0.717) is 12.8 Å². The highest BCUT2D eigenvalue weighted by atomic mass is 16.4. The lowest BCUT2D eigenvalue weighted by atomic mass is 10.1. The summed E-state index contributed by atoms with van der Waals surface area (Å²) in [5.74, 6) is -1.34. The average molecular weight is 453 g/mol. The third kappa shape index (κ3) is 35.8. The summed E-state index contributed by atoms with van der Waals surface area (Å²) in [7, 11) is 0. The van der Waals surface area contributed by atoms with Crippen LogP contribution in [-0.2, 0) is 9.59 Å². The van der Waals surface area contributed by atoms with Gasteiger partial charge in [0.15, 0.2) is 0 Å². The molecule has 188 valence electrons. The van der Waals surface area contributed by atoms with Gasteiger partial charge in [0.25, 0.3) is 0 Å². The minimum Gasteiger partial charge on any atom is -0.481 e. The zero-order valence-electron chi connectivity index (χ0n) is 21.2. The van der Waals surface area contributed by atoms with Crippen LogP contribution in [0.15, 0.2) is 24.3 Å². The van der Waals surface area contributed by atoms with Crippen LogP contribution in [-0.4, -0.2) is 22.2 Å². The van der Waals surface area contributed by atoms with Gasteiger partial charge in [0.05, 0.1) is 0 Å². The Kier molecular flexibility index (Phi) is 30.0. The Bertz CT molecular complexity index is 412. The Labute approximate surface area is 198 Å². The Hall–Kier alpha value is -1.58. The fraction of sp³-hybridized carbons (Fsp3) is 0.786. The van der Waals surface area contributed by atoms with Crippen molar-refractivity contribution in [1.29, 1.82) is 0 Å². The van der Waals surface area contributed by atoms with E-state index in [0.717, 1.165) is 25.7 Å². The molecule has 0 bridgehead atoms. The van der Waals surface area contributed by atoms with Crippen molar-refractivity contribution >= 4 is 11.9 Å². The average Bonchev–Trinajstić information content (AvgIpc) is 2.76. The van der Waals surface area contributed by atoms with E-state index in [2.05, 4.69) is 38.2 Å². The summed E-state index contributed by atoms with van der Waals surface area (Å²) in [4.78, 5) is 20.5. The molecule has 0 aliphatic rings. The molecule has 32 heavy (non-hydrogen) atoms. The molecule has 0 heterocycles. The van der Waals surface area contributed by atoms with Crippen LogP contribution in [0.25, 0.3) is 0 Å². The van der Waals surface area contributed by atoms with E-state index in [1.54, 1.807) is 0 Å². The van der Waals surface area contributed by atoms with Crippen molar-refractivity contribution in [3.05, 3.63) is 24.3 Å². The fourth-order valence-corrected chi connectivity index (χ4v) is 3.25. The molecule has 0 saturated carbocycles. The molecule has 0 atom stereocenters. The molecule has 0 spiro atoms. The number of rotatable bonds is 22. The van der Waals surface area contributed by atoms with Crippen molar-refractivity contribution in [2.75, 3.05) is 0 Å². The van der Waals surface area contributed by atoms with Crippen LogP contribution < -0.4 is 0 Å². The van der Waals surface area contributed by atoms with Gasteiger partial charge in [-0.15, -0.1) is 0 Å². The van der Waals surface area contributed by atoms with Crippen molar-refractivity contribution in [2.24, 2.45) is 0 Å². The summed E-state index contributed by atoms with van der Waals surface area (Å²) in [5.41, 5.74) is 0. The van der Waals surface area contributed by atoms with Crippen molar-refractivity contribution < 1.29 is 19.8 Å². The number of carboxylic acid groups (broad SMARTS) is 2. The van der Waals surface area contributed by atoms with E-state index >= 15 is 0 Å². The molecule has 2 N–H and O–H groups in total. The van der Waals surface area contributed by atoms with E-state index in [-0.39, 0.29) is 0 Å². The standard InChI is InChI=1S/2C14H26O2/c2*1-2-3-4-5-6-7-8-9-10-11-12-13-14(15)16/h2*5-6H,2-4,7-13H2,1H3,(H,15,16)/b2*6-5-. The van der Waals surface area contributed by atoms with Gasteiger partial charge in [-0.05, 0) is 51.4 Å². The van der Waals surface area contributed by atoms with Gasteiger partial charge in [0.1, 0.15) is 0 Å². The van der Waals surface area contributed by atoms with E-state index < -0.39 is 11.9 Å². The molecule has 0 aromatic heterocycles. The van der Waals surface area contributed by atoms with Gasteiger partial charge in [-0.2, -0.15) is 0 Å². The molecule has 0 saturated heterocycles. The Morgan fingerprint density at radius 1 is 0.469 bits per heavy atom. The zero-order chi connectivity index (χ0) is 24.1. The van der Waals surface area contributed by atoms with Crippen molar-refractivity contribution in [1.82, 2.24) is 0 Å². The molecular formula is C28H52O4. The fourth-order valence-electron chi connectivity index (χ4n) is 3.25. The summed E-state index contributed by atoms with van der Waals surface area (Å²) >= 11 is 0. The lowest BCUT2D eigenvalue weighted by molar-refractivity contribution is -0.138. The number of allylic oxidation sites excluding steroid dienone is 4. The molecule has 0 unspecified atom stereocenters. The Morgan fingerprint density at radius 2 is 0.750 bits per heavy atom. The number of hydrogen-bond donors (Lipinski definition) is 2. The largest absolute Gasteiger partial charge is 0.481 e. The SMILES string of the molecule is CCCC/C=C\CCCCCCCC(=O)O.CCCC/C=C\CCCCCCCC(=O)O. The van der Waals surface area contributed by atoms with Crippen molar-refractivity contribution in [2.45, 2.75) is 142 Å². The third-order valence-electron chi connectivity index (χ3n) is 5.30. The second-order valence-corrected chi connectivity index (χ2v) is 8.63. The summed E-state index contributed by atoms with van der Waals surface area (Å²) in [6, 6.07) is 0. The van der Waals surface area contributed by atoms with Gasteiger partial charge >= 0.3 is 11.9 Å². The smallest absolute Gasteiger partial charge is 0.303 e. The van der Waals surface area contributed by atoms with Crippen LogP contribution in [0.5, 0.6) is 0 Å². The van der Waals surface area contributed by atoms with Gasteiger partial charge in [-0.1, -0.05) is 102 Å². The van der Waals surface area contributed by atoms with Crippen molar-refractivity contribution in [3.8, 4) is 0 Å². The van der Waals surface area contributed by atoms with Crippen molar-refractivity contribution in [3.63, 3.8) is 0 Å². The quantitative estimate of drug-likeness (QED) is 0.127.